The Kier molecular flexibility index (Phi) is 5.44. The van der Waals surface area contributed by atoms with Crippen LogP contribution in [-0.4, -0.2) is 21.6 Å². The van der Waals surface area contributed by atoms with Crippen LogP contribution in [0.25, 0.3) is 0 Å². The average Bonchev–Trinajstić information content (AvgIpc) is 2.56. The van der Waals surface area contributed by atoms with Gasteiger partial charge in [-0.05, 0) is 5.56 Å². The molecule has 4 nitrogen and oxygen atoms in total. The van der Waals surface area contributed by atoms with Crippen molar-refractivity contribution >= 4 is 21.7 Å². The summed E-state index contributed by atoms with van der Waals surface area (Å²) in [5.74, 6) is -0.688. The second-order valence-corrected chi connectivity index (χ2v) is 6.08. The normalized spacial score (nSPS) is 14.8. The zero-order valence-electron chi connectivity index (χ0n) is 12.1. The molecule has 0 amide bonds. The number of Topliss-reactive ketones (excluding diaryl/α,β-unsaturated/α-hetero) is 1. The Bertz CT molecular complexity index is 645. The van der Waals surface area contributed by atoms with Crippen molar-refractivity contribution in [2.75, 3.05) is 0 Å². The summed E-state index contributed by atoms with van der Waals surface area (Å²) >= 11 is 3.40. The molecule has 3 atom stereocenters. The first-order valence-electron chi connectivity index (χ1n) is 6.94. The van der Waals surface area contributed by atoms with E-state index in [4.69, 9.17) is 0 Å². The minimum atomic E-state index is -0.876. The SMILES string of the molecule is C[C@H]([C@@H](c1ccccc1)[C@H](Br)C(=O)c1ccccc1)[N+](=O)[O-]. The third kappa shape index (κ3) is 3.60. The number of halogens is 1. The number of hydrogen-bond donors (Lipinski definition) is 0. The van der Waals surface area contributed by atoms with Crippen molar-refractivity contribution < 1.29 is 9.72 Å². The van der Waals surface area contributed by atoms with Gasteiger partial charge in [0.25, 0.3) is 0 Å². The fraction of sp³-hybridized carbons (Fsp3) is 0.235. The maximum absolute atomic E-state index is 12.6. The van der Waals surface area contributed by atoms with Gasteiger partial charge in [-0.3, -0.25) is 14.9 Å². The highest BCUT2D eigenvalue weighted by Gasteiger charge is 2.37. The molecule has 2 aromatic rings. The van der Waals surface area contributed by atoms with Crippen LogP contribution in [0, 0.1) is 10.1 Å². The lowest BCUT2D eigenvalue weighted by Crippen LogP contribution is -2.34. The summed E-state index contributed by atoms with van der Waals surface area (Å²) in [6, 6.07) is 17.1. The molecule has 0 spiro atoms. The van der Waals surface area contributed by atoms with E-state index in [2.05, 4.69) is 15.9 Å². The lowest BCUT2D eigenvalue weighted by atomic mass is 9.86. The van der Waals surface area contributed by atoms with E-state index in [-0.39, 0.29) is 10.7 Å². The summed E-state index contributed by atoms with van der Waals surface area (Å²) in [4.78, 5) is 22.9. The van der Waals surface area contributed by atoms with Gasteiger partial charge < -0.3 is 0 Å². The van der Waals surface area contributed by atoms with E-state index < -0.39 is 16.8 Å². The molecule has 0 aromatic heterocycles. The minimum Gasteiger partial charge on any atom is -0.293 e. The van der Waals surface area contributed by atoms with E-state index in [1.54, 1.807) is 24.3 Å². The Morgan fingerprint density at radius 3 is 2.05 bits per heavy atom. The molecular weight excluding hydrogens is 346 g/mol. The Morgan fingerprint density at radius 1 is 1.05 bits per heavy atom. The third-order valence-electron chi connectivity index (χ3n) is 3.66. The molecule has 0 N–H and O–H groups in total. The van der Waals surface area contributed by atoms with Crippen molar-refractivity contribution in [3.63, 3.8) is 0 Å². The zero-order chi connectivity index (χ0) is 16.1. The molecule has 0 unspecified atom stereocenters. The molecule has 0 saturated heterocycles. The van der Waals surface area contributed by atoms with E-state index in [0.29, 0.717) is 5.56 Å². The van der Waals surface area contributed by atoms with Crippen molar-refractivity contribution in [1.82, 2.24) is 0 Å². The molecule has 0 aliphatic carbocycles. The van der Waals surface area contributed by atoms with E-state index in [1.165, 1.54) is 6.92 Å². The molecule has 2 aromatic carbocycles. The van der Waals surface area contributed by atoms with Crippen LogP contribution in [-0.2, 0) is 0 Å². The first-order valence-corrected chi connectivity index (χ1v) is 7.85. The highest BCUT2D eigenvalue weighted by molar-refractivity contribution is 9.10. The molecule has 22 heavy (non-hydrogen) atoms. The topological polar surface area (TPSA) is 60.2 Å². The highest BCUT2D eigenvalue weighted by Crippen LogP contribution is 2.32. The summed E-state index contributed by atoms with van der Waals surface area (Å²) in [6.45, 7) is 1.53. The number of benzene rings is 2. The lowest BCUT2D eigenvalue weighted by molar-refractivity contribution is -0.521. The number of carbonyl (C=O) groups excluding carboxylic acids is 1. The van der Waals surface area contributed by atoms with Crippen molar-refractivity contribution in [2.24, 2.45) is 0 Å². The summed E-state index contributed by atoms with van der Waals surface area (Å²) in [7, 11) is 0. The highest BCUT2D eigenvalue weighted by atomic mass is 79.9. The molecule has 0 aliphatic heterocycles. The lowest BCUT2D eigenvalue weighted by Gasteiger charge is -2.23. The van der Waals surface area contributed by atoms with Crippen LogP contribution in [0.2, 0.25) is 0 Å². The number of nitro groups is 1. The van der Waals surface area contributed by atoms with Crippen LogP contribution >= 0.6 is 15.9 Å². The van der Waals surface area contributed by atoms with Gasteiger partial charge in [0.15, 0.2) is 5.78 Å². The van der Waals surface area contributed by atoms with Gasteiger partial charge in [0.1, 0.15) is 0 Å². The van der Waals surface area contributed by atoms with Crippen LogP contribution in [0.15, 0.2) is 60.7 Å². The monoisotopic (exact) mass is 361 g/mol. The molecule has 114 valence electrons. The van der Waals surface area contributed by atoms with E-state index in [0.717, 1.165) is 5.56 Å². The largest absolute Gasteiger partial charge is 0.293 e. The standard InChI is InChI=1S/C17H16BrNO3/c1-12(19(21)22)15(13-8-4-2-5-9-13)16(18)17(20)14-10-6-3-7-11-14/h2-12,15-16H,1H3/t12-,15+,16+/m1/s1. The molecular formula is C17H16BrNO3. The van der Waals surface area contributed by atoms with Crippen molar-refractivity contribution in [2.45, 2.75) is 23.7 Å². The predicted molar refractivity (Wildman–Crippen MR) is 89.1 cm³/mol. The van der Waals surface area contributed by atoms with Crippen LogP contribution < -0.4 is 0 Å². The van der Waals surface area contributed by atoms with Crippen LogP contribution in [0.5, 0.6) is 0 Å². The van der Waals surface area contributed by atoms with Crippen molar-refractivity contribution in [3.8, 4) is 0 Å². The smallest absolute Gasteiger partial charge is 0.218 e. The van der Waals surface area contributed by atoms with Crippen molar-refractivity contribution in [3.05, 3.63) is 81.9 Å². The maximum atomic E-state index is 12.6. The molecule has 0 bridgehead atoms. The average molecular weight is 362 g/mol. The fourth-order valence-corrected chi connectivity index (χ4v) is 3.43. The van der Waals surface area contributed by atoms with E-state index >= 15 is 0 Å². The maximum Gasteiger partial charge on any atom is 0.218 e. The predicted octanol–water partition coefficient (Wildman–Crippen LogP) is 4.08. The second kappa shape index (κ2) is 7.31. The number of ketones is 1. The van der Waals surface area contributed by atoms with Gasteiger partial charge >= 0.3 is 0 Å². The summed E-state index contributed by atoms with van der Waals surface area (Å²) in [5, 5.41) is 11.3. The number of alkyl halides is 1. The van der Waals surface area contributed by atoms with Gasteiger partial charge in [0.05, 0.1) is 10.7 Å². The van der Waals surface area contributed by atoms with Crippen molar-refractivity contribution in [1.29, 1.82) is 0 Å². The minimum absolute atomic E-state index is 0.150. The summed E-state index contributed by atoms with van der Waals surface area (Å²) in [6.07, 6.45) is 0. The Morgan fingerprint density at radius 2 is 1.55 bits per heavy atom. The van der Waals surface area contributed by atoms with Gasteiger partial charge in [-0.1, -0.05) is 76.6 Å². The van der Waals surface area contributed by atoms with Gasteiger partial charge in [-0.2, -0.15) is 0 Å². The van der Waals surface area contributed by atoms with Gasteiger partial charge in [0, 0.05) is 17.4 Å². The number of hydrogen-bond acceptors (Lipinski definition) is 3. The van der Waals surface area contributed by atoms with Crippen LogP contribution in [0.3, 0.4) is 0 Å². The molecule has 0 fully saturated rings. The second-order valence-electron chi connectivity index (χ2n) is 5.09. The molecule has 0 radical (unpaired) electrons. The Labute approximate surface area is 137 Å². The van der Waals surface area contributed by atoms with Gasteiger partial charge in [0.2, 0.25) is 6.04 Å². The number of rotatable bonds is 6. The first kappa shape index (κ1) is 16.4. The fourth-order valence-electron chi connectivity index (χ4n) is 2.42. The Hall–Kier alpha value is -2.01. The van der Waals surface area contributed by atoms with Gasteiger partial charge in [-0.15, -0.1) is 0 Å². The molecule has 5 heteroatoms. The number of nitrogens with zero attached hydrogens (tertiary/aromatic N) is 1. The van der Waals surface area contributed by atoms with Crippen LogP contribution in [0.1, 0.15) is 28.8 Å². The summed E-state index contributed by atoms with van der Waals surface area (Å²) < 4.78 is 0. The van der Waals surface area contributed by atoms with Gasteiger partial charge in [-0.25, -0.2) is 0 Å². The molecule has 0 saturated carbocycles. The number of carbonyl (C=O) groups is 1. The molecule has 0 aliphatic rings. The Balaban J connectivity index is 2.37. The van der Waals surface area contributed by atoms with Crippen LogP contribution in [0.4, 0.5) is 0 Å². The van der Waals surface area contributed by atoms with E-state index in [9.17, 15) is 14.9 Å². The first-order chi connectivity index (χ1) is 10.5. The molecule has 0 heterocycles. The molecule has 2 rings (SSSR count). The third-order valence-corrected chi connectivity index (χ3v) is 4.65. The van der Waals surface area contributed by atoms with E-state index in [1.807, 2.05) is 36.4 Å². The quantitative estimate of drug-likeness (QED) is 0.337. The zero-order valence-corrected chi connectivity index (χ0v) is 13.6. The summed E-state index contributed by atoms with van der Waals surface area (Å²) in [5.41, 5.74) is 1.32.